The number of ether oxygens (including phenoxy) is 1. The Bertz CT molecular complexity index is 1020. The summed E-state index contributed by atoms with van der Waals surface area (Å²) in [6, 6.07) is 5.48. The molecule has 148 valence electrons. The minimum absolute atomic E-state index is 0.0513. The molecular formula is C19H22FN5O3. The van der Waals surface area contributed by atoms with E-state index < -0.39 is 17.2 Å². The van der Waals surface area contributed by atoms with Crippen molar-refractivity contribution in [3.05, 3.63) is 48.0 Å². The van der Waals surface area contributed by atoms with E-state index in [1.54, 1.807) is 30.6 Å². The molecule has 0 saturated carbocycles. The van der Waals surface area contributed by atoms with Crippen LogP contribution in [0.3, 0.4) is 0 Å². The highest BCUT2D eigenvalue weighted by molar-refractivity contribution is 5.73. The van der Waals surface area contributed by atoms with Gasteiger partial charge in [-0.15, -0.1) is 0 Å². The Kier molecular flexibility index (Phi) is 5.08. The molecule has 0 amide bonds. The summed E-state index contributed by atoms with van der Waals surface area (Å²) in [7, 11) is 0. The monoisotopic (exact) mass is 387 g/mol. The zero-order valence-electron chi connectivity index (χ0n) is 15.8. The minimum atomic E-state index is -1.07. The van der Waals surface area contributed by atoms with Gasteiger partial charge in [-0.1, -0.05) is 0 Å². The van der Waals surface area contributed by atoms with Gasteiger partial charge in [-0.2, -0.15) is 5.10 Å². The van der Waals surface area contributed by atoms with E-state index in [9.17, 15) is 14.3 Å². The molecule has 3 rings (SSSR count). The molecular weight excluding hydrogens is 365 g/mol. The molecule has 0 bridgehead atoms. The van der Waals surface area contributed by atoms with Crippen LogP contribution in [-0.4, -0.2) is 32.3 Å². The van der Waals surface area contributed by atoms with Crippen LogP contribution in [0.5, 0.6) is 5.75 Å². The van der Waals surface area contributed by atoms with Gasteiger partial charge in [0.15, 0.2) is 5.65 Å². The van der Waals surface area contributed by atoms with Crippen LogP contribution >= 0.6 is 0 Å². The van der Waals surface area contributed by atoms with Gasteiger partial charge in [-0.25, -0.2) is 13.9 Å². The van der Waals surface area contributed by atoms with Crippen molar-refractivity contribution in [2.45, 2.75) is 26.8 Å². The number of hydrogen-bond donors (Lipinski definition) is 3. The summed E-state index contributed by atoms with van der Waals surface area (Å²) in [6.07, 6.45) is 3.23. The molecule has 0 aliphatic heterocycles. The second-order valence-electron chi connectivity index (χ2n) is 7.21. The molecule has 28 heavy (non-hydrogen) atoms. The number of nitrogens with one attached hydrogen (secondary N) is 1. The Labute approximate surface area is 161 Å². The Morgan fingerprint density at radius 3 is 2.89 bits per heavy atom. The minimum Gasteiger partial charge on any atom is -0.492 e. The van der Waals surface area contributed by atoms with E-state index in [1.165, 1.54) is 24.4 Å². The Balaban J connectivity index is 1.83. The van der Waals surface area contributed by atoms with Gasteiger partial charge in [0.1, 0.15) is 24.0 Å². The third-order valence-corrected chi connectivity index (χ3v) is 4.37. The SMILES string of the molecule is C[C@@H](Nc1ccn2ncc(N)c2n1)c1cc(F)ccc1OCC(C)(C)C(=O)O. The molecule has 1 aromatic carbocycles. The maximum absolute atomic E-state index is 13.8. The number of rotatable bonds is 7. The van der Waals surface area contributed by atoms with Crippen molar-refractivity contribution >= 4 is 23.1 Å². The molecule has 8 nitrogen and oxygen atoms in total. The third-order valence-electron chi connectivity index (χ3n) is 4.37. The summed E-state index contributed by atoms with van der Waals surface area (Å²) in [5.74, 6) is -0.455. The number of aliphatic carboxylic acids is 1. The van der Waals surface area contributed by atoms with E-state index in [0.717, 1.165) is 0 Å². The Morgan fingerprint density at radius 1 is 1.43 bits per heavy atom. The molecule has 0 radical (unpaired) electrons. The fraction of sp³-hybridized carbons (Fsp3) is 0.316. The highest BCUT2D eigenvalue weighted by Crippen LogP contribution is 2.30. The maximum Gasteiger partial charge on any atom is 0.312 e. The van der Waals surface area contributed by atoms with Gasteiger partial charge in [0.2, 0.25) is 0 Å². The van der Waals surface area contributed by atoms with E-state index in [2.05, 4.69) is 15.4 Å². The van der Waals surface area contributed by atoms with E-state index in [4.69, 9.17) is 10.5 Å². The summed E-state index contributed by atoms with van der Waals surface area (Å²) < 4.78 is 21.1. The predicted molar refractivity (Wildman–Crippen MR) is 103 cm³/mol. The zero-order chi connectivity index (χ0) is 20.5. The van der Waals surface area contributed by atoms with Crippen LogP contribution in [0.25, 0.3) is 5.65 Å². The molecule has 1 atom stereocenters. The Hall–Kier alpha value is -3.36. The van der Waals surface area contributed by atoms with Gasteiger partial charge in [0.05, 0.1) is 23.3 Å². The van der Waals surface area contributed by atoms with Crippen LogP contribution in [0.2, 0.25) is 0 Å². The second kappa shape index (κ2) is 7.34. The average Bonchev–Trinajstić information content (AvgIpc) is 3.01. The number of fused-ring (bicyclic) bond motifs is 1. The predicted octanol–water partition coefficient (Wildman–Crippen LogP) is 3.11. The number of nitrogen functional groups attached to an aromatic ring is 1. The first kappa shape index (κ1) is 19.4. The number of hydrogen-bond acceptors (Lipinski definition) is 6. The Morgan fingerprint density at radius 2 is 2.18 bits per heavy atom. The van der Waals surface area contributed by atoms with E-state index in [-0.39, 0.29) is 12.6 Å². The first-order valence-electron chi connectivity index (χ1n) is 8.69. The van der Waals surface area contributed by atoms with Crippen LogP contribution in [0.1, 0.15) is 32.4 Å². The number of carboxylic acid groups (broad SMARTS) is 1. The summed E-state index contributed by atoms with van der Waals surface area (Å²) in [5, 5.41) is 16.5. The fourth-order valence-electron chi connectivity index (χ4n) is 2.58. The van der Waals surface area contributed by atoms with Crippen molar-refractivity contribution in [1.82, 2.24) is 14.6 Å². The lowest BCUT2D eigenvalue weighted by atomic mass is 9.95. The molecule has 0 fully saturated rings. The van der Waals surface area contributed by atoms with Crippen molar-refractivity contribution in [2.24, 2.45) is 5.41 Å². The summed E-state index contributed by atoms with van der Waals surface area (Å²) in [4.78, 5) is 15.7. The van der Waals surface area contributed by atoms with Crippen LogP contribution in [0, 0.1) is 11.2 Å². The number of nitrogens with zero attached hydrogens (tertiary/aromatic N) is 3. The maximum atomic E-state index is 13.8. The van der Waals surface area contributed by atoms with Crippen molar-refractivity contribution in [3.63, 3.8) is 0 Å². The van der Waals surface area contributed by atoms with Crippen LogP contribution in [0.15, 0.2) is 36.7 Å². The molecule has 4 N–H and O–H groups in total. The quantitative estimate of drug-likeness (QED) is 0.570. The van der Waals surface area contributed by atoms with Gasteiger partial charge >= 0.3 is 5.97 Å². The number of carbonyl (C=O) groups is 1. The first-order valence-corrected chi connectivity index (χ1v) is 8.69. The fourth-order valence-corrected chi connectivity index (χ4v) is 2.58. The highest BCUT2D eigenvalue weighted by Gasteiger charge is 2.28. The first-order chi connectivity index (χ1) is 13.2. The average molecular weight is 387 g/mol. The van der Waals surface area contributed by atoms with Crippen LogP contribution in [-0.2, 0) is 4.79 Å². The molecule has 0 aliphatic rings. The molecule has 0 spiro atoms. The number of carboxylic acids is 1. The summed E-state index contributed by atoms with van der Waals surface area (Å²) in [5.41, 5.74) is 6.27. The zero-order valence-corrected chi connectivity index (χ0v) is 15.8. The second-order valence-corrected chi connectivity index (χ2v) is 7.21. The number of benzene rings is 1. The van der Waals surface area contributed by atoms with E-state index in [0.29, 0.717) is 28.5 Å². The van der Waals surface area contributed by atoms with Gasteiger partial charge in [-0.05, 0) is 45.0 Å². The normalized spacial score (nSPS) is 12.7. The summed E-state index contributed by atoms with van der Waals surface area (Å²) in [6.45, 7) is 4.91. The number of aromatic nitrogens is 3. The van der Waals surface area contributed by atoms with Gasteiger partial charge in [-0.3, -0.25) is 4.79 Å². The van der Waals surface area contributed by atoms with Gasteiger partial charge in [0, 0.05) is 11.8 Å². The number of nitrogens with two attached hydrogens (primary N) is 1. The molecule has 2 aromatic heterocycles. The van der Waals surface area contributed by atoms with Crippen molar-refractivity contribution in [2.75, 3.05) is 17.7 Å². The standard InChI is InChI=1S/C19H22FN5O3/c1-11(23-16-6-7-25-17(24-16)14(21)9-22-25)13-8-12(20)4-5-15(13)28-10-19(2,3)18(26)27/h4-9,11H,10,21H2,1-3H3,(H,23,24)(H,26,27)/t11-/m1/s1. The molecule has 0 saturated heterocycles. The lowest BCUT2D eigenvalue weighted by molar-refractivity contribution is -0.148. The lowest BCUT2D eigenvalue weighted by Crippen LogP contribution is -2.31. The molecule has 3 aromatic rings. The van der Waals surface area contributed by atoms with Crippen molar-refractivity contribution in [3.8, 4) is 5.75 Å². The third kappa shape index (κ3) is 3.98. The molecule has 0 unspecified atom stereocenters. The molecule has 2 heterocycles. The van der Waals surface area contributed by atoms with Crippen LogP contribution in [0.4, 0.5) is 15.9 Å². The largest absolute Gasteiger partial charge is 0.492 e. The van der Waals surface area contributed by atoms with Crippen LogP contribution < -0.4 is 15.8 Å². The smallest absolute Gasteiger partial charge is 0.312 e. The van der Waals surface area contributed by atoms with E-state index in [1.807, 2.05) is 6.92 Å². The van der Waals surface area contributed by atoms with Crippen molar-refractivity contribution < 1.29 is 19.0 Å². The number of anilines is 2. The van der Waals surface area contributed by atoms with Gasteiger partial charge < -0.3 is 20.9 Å². The molecule has 9 heteroatoms. The number of halogens is 1. The summed E-state index contributed by atoms with van der Waals surface area (Å²) >= 11 is 0. The lowest BCUT2D eigenvalue weighted by Gasteiger charge is -2.23. The highest BCUT2D eigenvalue weighted by atomic mass is 19.1. The van der Waals surface area contributed by atoms with Crippen molar-refractivity contribution in [1.29, 1.82) is 0 Å². The molecule has 0 aliphatic carbocycles. The topological polar surface area (TPSA) is 115 Å². The van der Waals surface area contributed by atoms with Gasteiger partial charge in [0.25, 0.3) is 0 Å². The van der Waals surface area contributed by atoms with E-state index >= 15 is 0 Å².